The first-order chi connectivity index (χ1) is 18.5. The predicted molar refractivity (Wildman–Crippen MR) is 166 cm³/mol. The third kappa shape index (κ3) is 15.8. The van der Waals surface area contributed by atoms with E-state index in [4.69, 9.17) is 5.73 Å². The van der Waals surface area contributed by atoms with Crippen LogP contribution in [0, 0.1) is 5.92 Å². The molecule has 1 aromatic carbocycles. The Morgan fingerprint density at radius 1 is 1.08 bits per heavy atom. The van der Waals surface area contributed by atoms with Gasteiger partial charge >= 0.3 is 6.18 Å². The number of hydrogen-bond donors (Lipinski definition) is 1. The molecule has 1 aliphatic rings. The molecule has 0 amide bonds. The van der Waals surface area contributed by atoms with Crippen molar-refractivity contribution in [3.63, 3.8) is 0 Å². The highest BCUT2D eigenvalue weighted by Gasteiger charge is 2.36. The number of hydrogen-bond acceptors (Lipinski definition) is 2. The molecule has 5 heteroatoms. The number of unbranched alkanes of at least 4 members (excludes halogenated alkanes) is 3. The summed E-state index contributed by atoms with van der Waals surface area (Å²) in [6.45, 7) is 16.7. The SMILES string of the molecule is CC.CC/C=C\C=C(/C)C(=NC/C=C(\C)N)c1ccc(C2CC2)cc1C(F)(F)F.CCCCCCC(C)CC. The van der Waals surface area contributed by atoms with Crippen LogP contribution in [0.1, 0.15) is 136 Å². The van der Waals surface area contributed by atoms with Gasteiger partial charge in [-0.2, -0.15) is 13.2 Å². The summed E-state index contributed by atoms with van der Waals surface area (Å²) in [5.41, 5.74) is 7.52. The van der Waals surface area contributed by atoms with Gasteiger partial charge in [-0.15, -0.1) is 0 Å². The van der Waals surface area contributed by atoms with Crippen LogP contribution in [0.15, 0.2) is 58.8 Å². The second kappa shape index (κ2) is 20.6. The molecular weight excluding hydrogens is 493 g/mol. The topological polar surface area (TPSA) is 38.4 Å². The minimum Gasteiger partial charge on any atom is -0.402 e. The molecule has 0 spiro atoms. The molecule has 2 N–H and O–H groups in total. The molecule has 1 saturated carbocycles. The largest absolute Gasteiger partial charge is 0.417 e. The number of allylic oxidation sites excluding steroid dienone is 5. The fourth-order valence-corrected chi connectivity index (χ4v) is 3.93. The van der Waals surface area contributed by atoms with Gasteiger partial charge in [-0.25, -0.2) is 0 Å². The van der Waals surface area contributed by atoms with Gasteiger partial charge in [0.25, 0.3) is 0 Å². The molecule has 1 aliphatic carbocycles. The summed E-state index contributed by atoms with van der Waals surface area (Å²) >= 11 is 0. The summed E-state index contributed by atoms with van der Waals surface area (Å²) in [5, 5.41) is 0. The quantitative estimate of drug-likeness (QED) is 0.149. The Kier molecular flexibility index (Phi) is 19.4. The van der Waals surface area contributed by atoms with Gasteiger partial charge in [0.15, 0.2) is 0 Å². The molecule has 1 atom stereocenters. The van der Waals surface area contributed by atoms with Gasteiger partial charge in [-0.3, -0.25) is 4.99 Å². The van der Waals surface area contributed by atoms with Crippen molar-refractivity contribution in [1.29, 1.82) is 0 Å². The highest BCUT2D eigenvalue weighted by atomic mass is 19.4. The zero-order chi connectivity index (χ0) is 29.8. The molecule has 0 aliphatic heterocycles. The average molecular weight is 549 g/mol. The van der Waals surface area contributed by atoms with E-state index in [2.05, 4.69) is 25.8 Å². The fourth-order valence-electron chi connectivity index (χ4n) is 3.93. The molecule has 0 heterocycles. The van der Waals surface area contributed by atoms with Crippen LogP contribution in [0.5, 0.6) is 0 Å². The maximum absolute atomic E-state index is 13.8. The highest BCUT2D eigenvalue weighted by molar-refractivity contribution is 6.13. The van der Waals surface area contributed by atoms with E-state index in [-0.39, 0.29) is 18.0 Å². The number of benzene rings is 1. The van der Waals surface area contributed by atoms with Gasteiger partial charge in [0.1, 0.15) is 0 Å². The summed E-state index contributed by atoms with van der Waals surface area (Å²) in [7, 11) is 0. The first-order valence-corrected chi connectivity index (χ1v) is 15.1. The summed E-state index contributed by atoms with van der Waals surface area (Å²) < 4.78 is 41.3. The lowest BCUT2D eigenvalue weighted by Gasteiger charge is -2.17. The van der Waals surface area contributed by atoms with E-state index >= 15 is 0 Å². The zero-order valence-corrected chi connectivity index (χ0v) is 25.9. The fraction of sp³-hybridized carbons (Fsp3) is 0.618. The van der Waals surface area contributed by atoms with Crippen LogP contribution in [0.25, 0.3) is 0 Å². The van der Waals surface area contributed by atoms with Gasteiger partial charge in [-0.05, 0) is 68.2 Å². The first-order valence-electron chi connectivity index (χ1n) is 15.1. The van der Waals surface area contributed by atoms with Gasteiger partial charge in [0.2, 0.25) is 0 Å². The molecule has 2 nitrogen and oxygen atoms in total. The number of nitrogens with zero attached hydrogens (tertiary/aromatic N) is 1. The summed E-state index contributed by atoms with van der Waals surface area (Å²) in [5.74, 6) is 1.21. The maximum Gasteiger partial charge on any atom is 0.417 e. The summed E-state index contributed by atoms with van der Waals surface area (Å²) in [6.07, 6.45) is 14.1. The molecule has 39 heavy (non-hydrogen) atoms. The lowest BCUT2D eigenvalue weighted by atomic mass is 9.94. The Morgan fingerprint density at radius 2 is 1.74 bits per heavy atom. The summed E-state index contributed by atoms with van der Waals surface area (Å²) in [6, 6.07) is 4.66. The molecular formula is C34H55F3N2. The van der Waals surface area contributed by atoms with Crippen molar-refractivity contribution in [3.05, 3.63) is 70.5 Å². The third-order valence-corrected chi connectivity index (χ3v) is 6.65. The molecule has 0 radical (unpaired) electrons. The standard InChI is InChI=1S/C22H27F3N2.C10H22.C2H6/c1-4-5-6-7-15(2)21(27-13-12-16(3)26)19-11-10-18(17-8-9-17)14-20(19)22(23,24)25;1-4-6-7-8-9-10(3)5-2;1-2/h5-7,10-12,14,17H,4,8-9,13,26H2,1-3H3;10H,4-9H2,1-3H3;1-2H3/b6-5-,15-7+,16-12+,27-21?;;. The zero-order valence-electron chi connectivity index (χ0n) is 25.9. The van der Waals surface area contributed by atoms with Crippen molar-refractivity contribution in [2.75, 3.05) is 6.54 Å². The van der Waals surface area contributed by atoms with Crippen molar-refractivity contribution in [3.8, 4) is 0 Å². The van der Waals surface area contributed by atoms with E-state index < -0.39 is 11.7 Å². The minimum absolute atomic E-state index is 0.119. The molecule has 222 valence electrons. The van der Waals surface area contributed by atoms with E-state index in [1.165, 1.54) is 44.6 Å². The van der Waals surface area contributed by atoms with Crippen LogP contribution < -0.4 is 5.73 Å². The molecule has 2 rings (SSSR count). The number of aliphatic imine (C=N–C) groups is 1. The van der Waals surface area contributed by atoms with Gasteiger partial charge in [-0.1, -0.05) is 110 Å². The van der Waals surface area contributed by atoms with Crippen LogP contribution in [-0.2, 0) is 6.18 Å². The normalized spacial score (nSPS) is 15.4. The minimum atomic E-state index is -4.43. The molecule has 1 aromatic rings. The van der Waals surface area contributed by atoms with E-state index in [0.29, 0.717) is 17.0 Å². The summed E-state index contributed by atoms with van der Waals surface area (Å²) in [4.78, 5) is 4.44. The van der Waals surface area contributed by atoms with Gasteiger partial charge in [0, 0.05) is 11.3 Å². The van der Waals surface area contributed by atoms with E-state index in [9.17, 15) is 13.2 Å². The van der Waals surface area contributed by atoms with Gasteiger partial charge < -0.3 is 5.73 Å². The highest BCUT2D eigenvalue weighted by Crippen LogP contribution is 2.43. The Balaban J connectivity index is 0.00000101. The van der Waals surface area contributed by atoms with Crippen molar-refractivity contribution in [2.45, 2.75) is 125 Å². The molecule has 0 saturated heterocycles. The van der Waals surface area contributed by atoms with E-state index in [0.717, 1.165) is 30.7 Å². The lowest BCUT2D eigenvalue weighted by Crippen LogP contribution is -2.15. The molecule has 0 bridgehead atoms. The van der Waals surface area contributed by atoms with Crippen molar-refractivity contribution in [2.24, 2.45) is 16.6 Å². The first kappa shape index (κ1) is 36.7. The van der Waals surface area contributed by atoms with Crippen LogP contribution in [0.4, 0.5) is 13.2 Å². The average Bonchev–Trinajstić information content (AvgIpc) is 3.75. The Hall–Kier alpha value is -2.30. The maximum atomic E-state index is 13.8. The van der Waals surface area contributed by atoms with Crippen LogP contribution >= 0.6 is 0 Å². The second-order valence-electron chi connectivity index (χ2n) is 10.3. The van der Waals surface area contributed by atoms with Gasteiger partial charge in [0.05, 0.1) is 17.8 Å². The van der Waals surface area contributed by atoms with Crippen molar-refractivity contribution in [1.82, 2.24) is 0 Å². The number of alkyl halides is 3. The third-order valence-electron chi connectivity index (χ3n) is 6.65. The van der Waals surface area contributed by atoms with Crippen LogP contribution in [0.3, 0.4) is 0 Å². The number of halogens is 3. The Labute approximate surface area is 237 Å². The molecule has 1 unspecified atom stereocenters. The van der Waals surface area contributed by atoms with Crippen molar-refractivity contribution < 1.29 is 13.2 Å². The second-order valence-corrected chi connectivity index (χ2v) is 10.3. The predicted octanol–water partition coefficient (Wildman–Crippen LogP) is 11.2. The van der Waals surface area contributed by atoms with Crippen LogP contribution in [-0.4, -0.2) is 12.3 Å². The van der Waals surface area contributed by atoms with Crippen molar-refractivity contribution >= 4 is 5.71 Å². The monoisotopic (exact) mass is 548 g/mol. The Morgan fingerprint density at radius 3 is 2.26 bits per heavy atom. The number of nitrogens with two attached hydrogens (primary N) is 1. The van der Waals surface area contributed by atoms with E-state index in [1.807, 2.05) is 32.9 Å². The smallest absolute Gasteiger partial charge is 0.402 e. The van der Waals surface area contributed by atoms with Crippen LogP contribution in [0.2, 0.25) is 0 Å². The number of rotatable bonds is 13. The lowest BCUT2D eigenvalue weighted by molar-refractivity contribution is -0.137. The Bertz CT molecular complexity index is 915. The molecule has 0 aromatic heterocycles. The molecule has 1 fully saturated rings. The van der Waals surface area contributed by atoms with E-state index in [1.54, 1.807) is 38.1 Å².